The molecular weight excluding hydrogens is 176 g/mol. The molecule has 0 bridgehead atoms. The van der Waals surface area contributed by atoms with E-state index < -0.39 is 0 Å². The molecule has 0 radical (unpaired) electrons. The van der Waals surface area contributed by atoms with Crippen molar-refractivity contribution in [3.63, 3.8) is 0 Å². The summed E-state index contributed by atoms with van der Waals surface area (Å²) >= 11 is 0. The number of nitriles is 1. The molecule has 4 heteroatoms. The smallest absolute Gasteiger partial charge is 0.106 e. The molecule has 1 aliphatic heterocycles. The Balaban J connectivity index is 2.19. The summed E-state index contributed by atoms with van der Waals surface area (Å²) in [7, 11) is 0. The van der Waals surface area contributed by atoms with Crippen molar-refractivity contribution in [2.45, 2.75) is 19.4 Å². The van der Waals surface area contributed by atoms with Gasteiger partial charge in [-0.05, 0) is 13.0 Å². The minimum absolute atomic E-state index is 0.326. The van der Waals surface area contributed by atoms with Crippen LogP contribution in [0.1, 0.15) is 13.3 Å². The van der Waals surface area contributed by atoms with Gasteiger partial charge in [-0.2, -0.15) is 5.26 Å². The largest absolute Gasteiger partial charge is 0.315 e. The Hall–Kier alpha value is -0.630. The Bertz CT molecular complexity index is 191. The minimum atomic E-state index is -0.326. The van der Waals surface area contributed by atoms with Crippen molar-refractivity contribution in [2.24, 2.45) is 5.73 Å². The Morgan fingerprint density at radius 2 is 1.86 bits per heavy atom. The zero-order valence-electron chi connectivity index (χ0n) is 8.95. The zero-order valence-corrected chi connectivity index (χ0v) is 8.95. The first-order chi connectivity index (χ1) is 6.76. The van der Waals surface area contributed by atoms with Gasteiger partial charge in [0, 0.05) is 32.7 Å². The van der Waals surface area contributed by atoms with Crippen molar-refractivity contribution in [2.75, 3.05) is 39.3 Å². The summed E-state index contributed by atoms with van der Waals surface area (Å²) < 4.78 is 0. The van der Waals surface area contributed by atoms with E-state index in [1.807, 2.05) is 0 Å². The molecule has 1 atom stereocenters. The zero-order chi connectivity index (χ0) is 10.4. The maximum atomic E-state index is 8.59. The van der Waals surface area contributed by atoms with E-state index in [1.165, 1.54) is 13.0 Å². The molecule has 0 saturated carbocycles. The molecule has 0 amide bonds. The van der Waals surface area contributed by atoms with Crippen LogP contribution in [0.3, 0.4) is 0 Å². The van der Waals surface area contributed by atoms with Gasteiger partial charge in [0.1, 0.15) is 6.04 Å². The lowest BCUT2D eigenvalue weighted by Crippen LogP contribution is -2.49. The van der Waals surface area contributed by atoms with E-state index in [0.29, 0.717) is 0 Å². The highest BCUT2D eigenvalue weighted by Crippen LogP contribution is 2.02. The summed E-state index contributed by atoms with van der Waals surface area (Å²) in [6, 6.07) is 1.74. The first-order valence-electron chi connectivity index (χ1n) is 5.36. The fourth-order valence-electron chi connectivity index (χ4n) is 1.83. The van der Waals surface area contributed by atoms with Crippen LogP contribution in [0.2, 0.25) is 0 Å². The molecule has 0 aromatic carbocycles. The summed E-state index contributed by atoms with van der Waals surface area (Å²) in [6.07, 6.45) is 1.22. The van der Waals surface area contributed by atoms with E-state index in [9.17, 15) is 0 Å². The molecular formula is C10H20N4. The Kier molecular flexibility index (Phi) is 4.88. The van der Waals surface area contributed by atoms with Crippen molar-refractivity contribution < 1.29 is 0 Å². The number of piperazine rings is 1. The Morgan fingerprint density at radius 1 is 1.29 bits per heavy atom. The molecule has 1 heterocycles. The SMILES string of the molecule is CCCN1CCN(CC(N)C#N)CC1. The molecule has 0 aromatic rings. The summed E-state index contributed by atoms with van der Waals surface area (Å²) in [4.78, 5) is 4.74. The second kappa shape index (κ2) is 5.97. The highest BCUT2D eigenvalue weighted by Gasteiger charge is 2.17. The standard InChI is InChI=1S/C10H20N4/c1-2-3-13-4-6-14(7-5-13)9-10(12)8-11/h10H,2-7,9,12H2,1H3. The van der Waals surface area contributed by atoms with Crippen LogP contribution in [0.15, 0.2) is 0 Å². The van der Waals surface area contributed by atoms with E-state index in [4.69, 9.17) is 11.0 Å². The van der Waals surface area contributed by atoms with Gasteiger partial charge in [0.2, 0.25) is 0 Å². The average Bonchev–Trinajstić information content (AvgIpc) is 2.21. The van der Waals surface area contributed by atoms with E-state index in [2.05, 4.69) is 22.8 Å². The quantitative estimate of drug-likeness (QED) is 0.680. The van der Waals surface area contributed by atoms with E-state index >= 15 is 0 Å². The van der Waals surface area contributed by atoms with Gasteiger partial charge in [0.15, 0.2) is 0 Å². The predicted molar refractivity (Wildman–Crippen MR) is 56.8 cm³/mol. The van der Waals surface area contributed by atoms with Gasteiger partial charge in [-0.15, -0.1) is 0 Å². The first kappa shape index (κ1) is 11.4. The number of nitrogens with zero attached hydrogens (tertiary/aromatic N) is 3. The molecule has 2 N–H and O–H groups in total. The number of nitrogens with two attached hydrogens (primary N) is 1. The minimum Gasteiger partial charge on any atom is -0.315 e. The lowest BCUT2D eigenvalue weighted by Gasteiger charge is -2.34. The summed E-state index contributed by atoms with van der Waals surface area (Å²) in [5.74, 6) is 0. The average molecular weight is 196 g/mol. The van der Waals surface area contributed by atoms with Gasteiger partial charge in [-0.1, -0.05) is 6.92 Å². The van der Waals surface area contributed by atoms with E-state index in [-0.39, 0.29) is 6.04 Å². The fourth-order valence-corrected chi connectivity index (χ4v) is 1.83. The highest BCUT2D eigenvalue weighted by atomic mass is 15.3. The van der Waals surface area contributed by atoms with Gasteiger partial charge in [-0.25, -0.2) is 0 Å². The van der Waals surface area contributed by atoms with Crippen LogP contribution in [-0.2, 0) is 0 Å². The maximum Gasteiger partial charge on any atom is 0.106 e. The molecule has 1 fully saturated rings. The van der Waals surface area contributed by atoms with E-state index in [0.717, 1.165) is 32.7 Å². The second-order valence-corrected chi connectivity index (χ2v) is 3.88. The van der Waals surface area contributed by atoms with Crippen LogP contribution in [0, 0.1) is 11.3 Å². The lowest BCUT2D eigenvalue weighted by molar-refractivity contribution is 0.131. The molecule has 0 aliphatic carbocycles. The topological polar surface area (TPSA) is 56.3 Å². The Morgan fingerprint density at radius 3 is 2.36 bits per heavy atom. The fraction of sp³-hybridized carbons (Fsp3) is 0.900. The van der Waals surface area contributed by atoms with Gasteiger partial charge in [-0.3, -0.25) is 4.90 Å². The third-order valence-corrected chi connectivity index (χ3v) is 2.63. The number of rotatable bonds is 4. The third kappa shape index (κ3) is 3.62. The summed E-state index contributed by atoms with van der Waals surface area (Å²) in [5.41, 5.74) is 5.58. The molecule has 1 rings (SSSR count). The summed E-state index contributed by atoms with van der Waals surface area (Å²) in [6.45, 7) is 8.45. The van der Waals surface area contributed by atoms with Crippen LogP contribution >= 0.6 is 0 Å². The Labute approximate surface area is 86.3 Å². The molecule has 0 aromatic heterocycles. The molecule has 0 spiro atoms. The summed E-state index contributed by atoms with van der Waals surface area (Å²) in [5, 5.41) is 8.59. The second-order valence-electron chi connectivity index (χ2n) is 3.88. The van der Waals surface area contributed by atoms with Crippen molar-refractivity contribution in [3.05, 3.63) is 0 Å². The highest BCUT2D eigenvalue weighted by molar-refractivity contribution is 4.89. The van der Waals surface area contributed by atoms with Crippen LogP contribution in [0.4, 0.5) is 0 Å². The molecule has 80 valence electrons. The molecule has 1 unspecified atom stereocenters. The predicted octanol–water partition coefficient (Wildman–Crippen LogP) is -0.135. The van der Waals surface area contributed by atoms with Crippen LogP contribution in [0.25, 0.3) is 0 Å². The molecule has 4 nitrogen and oxygen atoms in total. The lowest BCUT2D eigenvalue weighted by atomic mass is 10.2. The maximum absolute atomic E-state index is 8.59. The van der Waals surface area contributed by atoms with E-state index in [1.54, 1.807) is 0 Å². The van der Waals surface area contributed by atoms with Gasteiger partial charge >= 0.3 is 0 Å². The van der Waals surface area contributed by atoms with Crippen molar-refractivity contribution in [1.29, 1.82) is 5.26 Å². The normalized spacial score (nSPS) is 21.8. The molecule has 14 heavy (non-hydrogen) atoms. The van der Waals surface area contributed by atoms with Crippen molar-refractivity contribution >= 4 is 0 Å². The van der Waals surface area contributed by atoms with Gasteiger partial charge in [0.05, 0.1) is 6.07 Å². The first-order valence-corrected chi connectivity index (χ1v) is 5.36. The van der Waals surface area contributed by atoms with Crippen molar-refractivity contribution in [3.8, 4) is 6.07 Å². The van der Waals surface area contributed by atoms with Gasteiger partial charge in [0.25, 0.3) is 0 Å². The van der Waals surface area contributed by atoms with Gasteiger partial charge < -0.3 is 10.6 Å². The third-order valence-electron chi connectivity index (χ3n) is 2.63. The van der Waals surface area contributed by atoms with Crippen LogP contribution in [0.5, 0.6) is 0 Å². The molecule has 1 aliphatic rings. The van der Waals surface area contributed by atoms with Crippen LogP contribution < -0.4 is 5.73 Å². The molecule has 1 saturated heterocycles. The number of hydrogen-bond acceptors (Lipinski definition) is 4. The monoisotopic (exact) mass is 196 g/mol. The number of hydrogen-bond donors (Lipinski definition) is 1. The van der Waals surface area contributed by atoms with Crippen LogP contribution in [-0.4, -0.2) is 55.1 Å². The van der Waals surface area contributed by atoms with Crippen molar-refractivity contribution in [1.82, 2.24) is 9.80 Å².